The maximum absolute atomic E-state index is 11.1. The summed E-state index contributed by atoms with van der Waals surface area (Å²) < 4.78 is 11.9. The predicted molar refractivity (Wildman–Crippen MR) is 71.1 cm³/mol. The molecular formula is C13H24O4Si. The van der Waals surface area contributed by atoms with E-state index in [9.17, 15) is 4.79 Å². The molecule has 0 amide bonds. The van der Waals surface area contributed by atoms with E-state index >= 15 is 0 Å². The topological polar surface area (TPSA) is 59.1 Å². The minimum absolute atomic E-state index is 0.0225. The largest absolute Gasteiger partial charge is 0.481 e. The van der Waals surface area contributed by atoms with Gasteiger partial charge in [0.25, 0.3) is 0 Å². The third kappa shape index (κ3) is 2.63. The van der Waals surface area contributed by atoms with Gasteiger partial charge in [-0.1, -0.05) is 20.8 Å². The van der Waals surface area contributed by atoms with Gasteiger partial charge in [0.1, 0.15) is 6.10 Å². The number of hydrogen-bond acceptors (Lipinski definition) is 3. The summed E-state index contributed by atoms with van der Waals surface area (Å²) in [5.41, 5.74) is 0. The number of rotatable bonds is 3. The number of carbonyl (C=O) groups is 1. The lowest BCUT2D eigenvalue weighted by Gasteiger charge is -2.40. The van der Waals surface area contributed by atoms with Crippen LogP contribution in [0.3, 0.4) is 0 Å². The van der Waals surface area contributed by atoms with Crippen LogP contribution in [0.15, 0.2) is 0 Å². The van der Waals surface area contributed by atoms with Crippen molar-refractivity contribution in [1.82, 2.24) is 0 Å². The van der Waals surface area contributed by atoms with E-state index in [-0.39, 0.29) is 29.3 Å². The fraction of sp³-hybridized carbons (Fsp3) is 0.923. The van der Waals surface area contributed by atoms with Crippen LogP contribution < -0.4 is 0 Å². The van der Waals surface area contributed by atoms with Crippen LogP contribution in [0.1, 0.15) is 33.6 Å². The van der Waals surface area contributed by atoms with Crippen LogP contribution in [0.2, 0.25) is 18.1 Å². The number of hydrogen-bond donors (Lipinski definition) is 1. The predicted octanol–water partition coefficient (Wildman–Crippen LogP) is 2.64. The van der Waals surface area contributed by atoms with E-state index in [1.807, 2.05) is 0 Å². The van der Waals surface area contributed by atoms with Crippen molar-refractivity contribution in [3.63, 3.8) is 0 Å². The van der Waals surface area contributed by atoms with Gasteiger partial charge < -0.3 is 14.3 Å². The van der Waals surface area contributed by atoms with Crippen LogP contribution in [-0.4, -0.2) is 37.7 Å². The first-order valence-electron chi connectivity index (χ1n) is 6.68. The smallest absolute Gasteiger partial charge is 0.306 e. The molecule has 104 valence electrons. The van der Waals surface area contributed by atoms with Gasteiger partial charge in [-0.25, -0.2) is 0 Å². The fourth-order valence-corrected chi connectivity index (χ4v) is 3.68. The summed E-state index contributed by atoms with van der Waals surface area (Å²) in [6.07, 6.45) is 1.50. The molecule has 0 aromatic heterocycles. The summed E-state index contributed by atoms with van der Waals surface area (Å²) in [5.74, 6) is -1.02. The van der Waals surface area contributed by atoms with Gasteiger partial charge in [0, 0.05) is 0 Å². The molecule has 0 aromatic carbocycles. The molecule has 1 aliphatic heterocycles. The highest BCUT2D eigenvalue weighted by Crippen LogP contribution is 2.45. The van der Waals surface area contributed by atoms with Crippen molar-refractivity contribution >= 4 is 14.3 Å². The van der Waals surface area contributed by atoms with Gasteiger partial charge in [-0.05, 0) is 31.0 Å². The minimum atomic E-state index is -1.84. The average molecular weight is 272 g/mol. The van der Waals surface area contributed by atoms with Crippen LogP contribution >= 0.6 is 0 Å². The van der Waals surface area contributed by atoms with Crippen molar-refractivity contribution in [1.29, 1.82) is 0 Å². The SMILES string of the molecule is CC(C)(C)[Si](C)(C)OC1CC(C(=O)O)CC2OC21. The second-order valence-electron chi connectivity index (χ2n) is 7.06. The highest BCUT2D eigenvalue weighted by Gasteiger charge is 2.54. The molecule has 2 fully saturated rings. The van der Waals surface area contributed by atoms with Gasteiger partial charge in [0.2, 0.25) is 0 Å². The van der Waals surface area contributed by atoms with E-state index in [2.05, 4.69) is 33.9 Å². The normalized spacial score (nSPS) is 36.1. The molecule has 1 heterocycles. The maximum atomic E-state index is 11.1. The zero-order valence-electron chi connectivity index (χ0n) is 11.9. The molecule has 2 rings (SSSR count). The number of aliphatic carboxylic acids is 1. The Labute approximate surface area is 110 Å². The van der Waals surface area contributed by atoms with Crippen LogP contribution in [0.4, 0.5) is 0 Å². The van der Waals surface area contributed by atoms with E-state index < -0.39 is 14.3 Å². The van der Waals surface area contributed by atoms with Crippen LogP contribution in [-0.2, 0) is 14.0 Å². The van der Waals surface area contributed by atoms with E-state index in [4.69, 9.17) is 14.3 Å². The molecule has 0 spiro atoms. The van der Waals surface area contributed by atoms with Gasteiger partial charge in [-0.3, -0.25) is 4.79 Å². The van der Waals surface area contributed by atoms with Crippen LogP contribution in [0, 0.1) is 5.92 Å². The Bertz CT molecular complexity index is 347. The van der Waals surface area contributed by atoms with Crippen LogP contribution in [0.5, 0.6) is 0 Å². The highest BCUT2D eigenvalue weighted by atomic mass is 28.4. The fourth-order valence-electron chi connectivity index (χ4n) is 2.34. The second kappa shape index (κ2) is 4.32. The Morgan fingerprint density at radius 3 is 2.44 bits per heavy atom. The number of epoxide rings is 1. The van der Waals surface area contributed by atoms with Crippen LogP contribution in [0.25, 0.3) is 0 Å². The molecule has 5 heteroatoms. The molecule has 1 saturated carbocycles. The van der Waals surface area contributed by atoms with Crippen molar-refractivity contribution in [2.24, 2.45) is 5.92 Å². The van der Waals surface area contributed by atoms with E-state index in [1.165, 1.54) is 0 Å². The molecular weight excluding hydrogens is 248 g/mol. The molecule has 0 radical (unpaired) electrons. The third-order valence-electron chi connectivity index (χ3n) is 4.62. The summed E-state index contributed by atoms with van der Waals surface area (Å²) in [5, 5.41) is 9.30. The van der Waals surface area contributed by atoms with Gasteiger partial charge in [0.15, 0.2) is 8.32 Å². The Kier molecular flexibility index (Phi) is 3.36. The summed E-state index contributed by atoms with van der Waals surface area (Å²) in [6, 6.07) is 0. The second-order valence-corrected chi connectivity index (χ2v) is 11.8. The number of ether oxygens (including phenoxy) is 1. The van der Waals surface area contributed by atoms with Gasteiger partial charge in [0.05, 0.1) is 18.1 Å². The quantitative estimate of drug-likeness (QED) is 0.634. The van der Waals surface area contributed by atoms with Gasteiger partial charge in [-0.15, -0.1) is 0 Å². The van der Waals surface area contributed by atoms with Crippen molar-refractivity contribution in [3.05, 3.63) is 0 Å². The Morgan fingerprint density at radius 2 is 1.94 bits per heavy atom. The van der Waals surface area contributed by atoms with Crippen molar-refractivity contribution in [3.8, 4) is 0 Å². The molecule has 2 aliphatic rings. The van der Waals surface area contributed by atoms with E-state index in [1.54, 1.807) is 0 Å². The monoisotopic (exact) mass is 272 g/mol. The molecule has 18 heavy (non-hydrogen) atoms. The summed E-state index contributed by atoms with van der Waals surface area (Å²) in [4.78, 5) is 11.1. The Morgan fingerprint density at radius 1 is 1.33 bits per heavy atom. The minimum Gasteiger partial charge on any atom is -0.481 e. The van der Waals surface area contributed by atoms with Crippen molar-refractivity contribution in [2.45, 2.75) is 70.1 Å². The zero-order valence-corrected chi connectivity index (χ0v) is 12.9. The molecule has 4 atom stereocenters. The average Bonchev–Trinajstić information content (AvgIpc) is 2.93. The molecule has 4 nitrogen and oxygen atoms in total. The maximum Gasteiger partial charge on any atom is 0.306 e. The first kappa shape index (κ1) is 14.0. The number of carboxylic acids is 1. The van der Waals surface area contributed by atoms with Gasteiger partial charge >= 0.3 is 5.97 Å². The lowest BCUT2D eigenvalue weighted by molar-refractivity contribution is -0.143. The van der Waals surface area contributed by atoms with E-state index in [0.717, 1.165) is 0 Å². The first-order chi connectivity index (χ1) is 8.12. The molecule has 0 bridgehead atoms. The zero-order chi connectivity index (χ0) is 13.7. The summed E-state index contributed by atoms with van der Waals surface area (Å²) in [6.45, 7) is 11.0. The van der Waals surface area contributed by atoms with Crippen molar-refractivity contribution < 1.29 is 19.1 Å². The Hall–Kier alpha value is -0.393. The molecule has 1 N–H and O–H groups in total. The summed E-state index contributed by atoms with van der Waals surface area (Å²) in [7, 11) is -1.84. The highest BCUT2D eigenvalue weighted by molar-refractivity contribution is 6.74. The van der Waals surface area contributed by atoms with Gasteiger partial charge in [-0.2, -0.15) is 0 Å². The number of carboxylic acid groups (broad SMARTS) is 1. The number of fused-ring (bicyclic) bond motifs is 1. The molecule has 1 saturated heterocycles. The molecule has 1 aliphatic carbocycles. The first-order valence-corrected chi connectivity index (χ1v) is 9.59. The molecule has 4 unspecified atom stereocenters. The lowest BCUT2D eigenvalue weighted by atomic mass is 9.87. The summed E-state index contributed by atoms with van der Waals surface area (Å²) >= 11 is 0. The van der Waals surface area contributed by atoms with Crippen molar-refractivity contribution in [2.75, 3.05) is 0 Å². The van der Waals surface area contributed by atoms with E-state index in [0.29, 0.717) is 12.8 Å². The Balaban J connectivity index is 2.03. The third-order valence-corrected chi connectivity index (χ3v) is 9.13. The molecule has 0 aromatic rings. The standard InChI is InChI=1S/C13H24O4Si/c1-13(2,3)18(4,5)17-10-7-8(12(14)15)6-9-11(10)16-9/h8-11H,6-7H2,1-5H3,(H,14,15). The lowest BCUT2D eigenvalue weighted by Crippen LogP contribution is -2.47.